The number of carbonyl (C=O) groups is 1. The summed E-state index contributed by atoms with van der Waals surface area (Å²) in [7, 11) is 1.24. The van der Waals surface area contributed by atoms with Crippen LogP contribution in [0.25, 0.3) is 0 Å². The van der Waals surface area contributed by atoms with Gasteiger partial charge in [-0.2, -0.15) is 4.21 Å². The number of rotatable bonds is 4. The standard InChI is InChI=1S/C6H12O4S/c1-5(7)6(2,3)10-11(8)9-4/h1-4H3. The summed E-state index contributed by atoms with van der Waals surface area (Å²) in [5.41, 5.74) is -1.04. The van der Waals surface area contributed by atoms with E-state index in [9.17, 15) is 9.00 Å². The molecule has 0 aromatic carbocycles. The van der Waals surface area contributed by atoms with Gasteiger partial charge in [0.2, 0.25) is 0 Å². The van der Waals surface area contributed by atoms with E-state index in [-0.39, 0.29) is 5.78 Å². The van der Waals surface area contributed by atoms with Gasteiger partial charge in [-0.15, -0.1) is 0 Å². The van der Waals surface area contributed by atoms with Gasteiger partial charge in [0, 0.05) is 0 Å². The zero-order valence-corrected chi connectivity index (χ0v) is 7.86. The van der Waals surface area contributed by atoms with Gasteiger partial charge in [-0.1, -0.05) is 0 Å². The minimum absolute atomic E-state index is 0.192. The maximum absolute atomic E-state index is 10.8. The first kappa shape index (κ1) is 10.7. The Labute approximate surface area is 68.7 Å². The molecule has 0 saturated heterocycles. The van der Waals surface area contributed by atoms with Crippen LogP contribution in [0.3, 0.4) is 0 Å². The molecule has 0 aliphatic rings. The first-order chi connectivity index (χ1) is 4.90. The molecule has 66 valence electrons. The van der Waals surface area contributed by atoms with Crippen molar-refractivity contribution >= 4 is 17.1 Å². The van der Waals surface area contributed by atoms with E-state index in [1.165, 1.54) is 27.9 Å². The normalized spacial score (nSPS) is 14.5. The smallest absolute Gasteiger partial charge is 0.297 e. The fourth-order valence-electron chi connectivity index (χ4n) is 0.263. The van der Waals surface area contributed by atoms with Crippen LogP contribution in [0.2, 0.25) is 0 Å². The Balaban J connectivity index is 4.12. The minimum atomic E-state index is -1.84. The lowest BCUT2D eigenvalue weighted by Crippen LogP contribution is -2.33. The van der Waals surface area contributed by atoms with Crippen molar-refractivity contribution in [3.05, 3.63) is 0 Å². The topological polar surface area (TPSA) is 52.6 Å². The summed E-state index contributed by atoms with van der Waals surface area (Å²) >= 11 is -1.84. The van der Waals surface area contributed by atoms with E-state index in [4.69, 9.17) is 4.18 Å². The van der Waals surface area contributed by atoms with Crippen LogP contribution in [-0.4, -0.2) is 22.7 Å². The van der Waals surface area contributed by atoms with Gasteiger partial charge in [0.15, 0.2) is 5.78 Å². The molecule has 0 heterocycles. The molecule has 0 aromatic heterocycles. The quantitative estimate of drug-likeness (QED) is 0.635. The molecule has 1 unspecified atom stereocenters. The van der Waals surface area contributed by atoms with Crippen LogP contribution in [-0.2, 0) is 24.5 Å². The Hall–Kier alpha value is -0.260. The number of hydrogen-bond acceptors (Lipinski definition) is 4. The Morgan fingerprint density at radius 1 is 1.45 bits per heavy atom. The lowest BCUT2D eigenvalue weighted by atomic mass is 10.1. The van der Waals surface area contributed by atoms with Crippen LogP contribution in [0.15, 0.2) is 0 Å². The Morgan fingerprint density at radius 3 is 2.18 bits per heavy atom. The van der Waals surface area contributed by atoms with Gasteiger partial charge in [-0.3, -0.25) is 13.2 Å². The molecule has 0 aromatic rings. The van der Waals surface area contributed by atoms with E-state index in [0.717, 1.165) is 0 Å². The molecule has 0 fully saturated rings. The molecule has 1 atom stereocenters. The third-order valence-corrected chi connectivity index (χ3v) is 2.09. The summed E-state index contributed by atoms with van der Waals surface area (Å²) < 4.78 is 19.7. The summed E-state index contributed by atoms with van der Waals surface area (Å²) in [4.78, 5) is 10.8. The summed E-state index contributed by atoms with van der Waals surface area (Å²) in [5.74, 6) is -0.192. The highest BCUT2D eigenvalue weighted by atomic mass is 32.2. The average Bonchev–Trinajstić information content (AvgIpc) is 1.86. The van der Waals surface area contributed by atoms with Crippen molar-refractivity contribution in [1.29, 1.82) is 0 Å². The highest BCUT2D eigenvalue weighted by Gasteiger charge is 2.27. The fourth-order valence-corrected chi connectivity index (χ4v) is 0.788. The predicted octanol–water partition coefficient (Wildman–Crippen LogP) is 0.596. The summed E-state index contributed by atoms with van der Waals surface area (Å²) in [6.45, 7) is 4.44. The highest BCUT2D eigenvalue weighted by molar-refractivity contribution is 7.75. The van der Waals surface area contributed by atoms with E-state index in [1.807, 2.05) is 0 Å². The largest absolute Gasteiger partial charge is 0.305 e. The predicted molar refractivity (Wildman–Crippen MR) is 41.0 cm³/mol. The monoisotopic (exact) mass is 180 g/mol. The summed E-state index contributed by atoms with van der Waals surface area (Å²) in [6, 6.07) is 0. The highest BCUT2D eigenvalue weighted by Crippen LogP contribution is 2.12. The van der Waals surface area contributed by atoms with E-state index in [1.54, 1.807) is 0 Å². The van der Waals surface area contributed by atoms with Crippen LogP contribution in [0.1, 0.15) is 20.8 Å². The van der Waals surface area contributed by atoms with Crippen LogP contribution >= 0.6 is 0 Å². The molecule has 0 aliphatic heterocycles. The van der Waals surface area contributed by atoms with Gasteiger partial charge < -0.3 is 0 Å². The van der Waals surface area contributed by atoms with Crippen molar-refractivity contribution in [2.45, 2.75) is 26.4 Å². The van der Waals surface area contributed by atoms with Gasteiger partial charge in [-0.25, -0.2) is 0 Å². The van der Waals surface area contributed by atoms with Crippen molar-refractivity contribution in [2.75, 3.05) is 7.11 Å². The Bertz CT molecular complexity index is 175. The van der Waals surface area contributed by atoms with Crippen molar-refractivity contribution in [2.24, 2.45) is 0 Å². The maximum Gasteiger partial charge on any atom is 0.305 e. The molecule has 0 aliphatic carbocycles. The molecule has 4 nitrogen and oxygen atoms in total. The molecule has 0 rings (SSSR count). The molecular weight excluding hydrogens is 168 g/mol. The van der Waals surface area contributed by atoms with Crippen molar-refractivity contribution in [3.63, 3.8) is 0 Å². The van der Waals surface area contributed by atoms with E-state index < -0.39 is 17.0 Å². The second-order valence-electron chi connectivity index (χ2n) is 2.52. The zero-order valence-electron chi connectivity index (χ0n) is 7.04. The molecule has 11 heavy (non-hydrogen) atoms. The van der Waals surface area contributed by atoms with Crippen LogP contribution in [0.4, 0.5) is 0 Å². The average molecular weight is 180 g/mol. The molecule has 0 radical (unpaired) electrons. The molecular formula is C6H12O4S. The van der Waals surface area contributed by atoms with Gasteiger partial charge >= 0.3 is 11.4 Å². The van der Waals surface area contributed by atoms with Crippen molar-refractivity contribution < 1.29 is 17.4 Å². The number of hydrogen-bond donors (Lipinski definition) is 0. The molecule has 0 spiro atoms. The van der Waals surface area contributed by atoms with Crippen molar-refractivity contribution in [3.8, 4) is 0 Å². The van der Waals surface area contributed by atoms with E-state index >= 15 is 0 Å². The van der Waals surface area contributed by atoms with Crippen LogP contribution in [0, 0.1) is 0 Å². The minimum Gasteiger partial charge on any atom is -0.297 e. The Kier molecular flexibility index (Phi) is 3.85. The molecule has 0 N–H and O–H groups in total. The maximum atomic E-state index is 10.8. The molecule has 0 saturated carbocycles. The summed E-state index contributed by atoms with van der Waals surface area (Å²) in [6.07, 6.45) is 0. The lowest BCUT2D eigenvalue weighted by molar-refractivity contribution is -0.129. The number of carbonyl (C=O) groups excluding carboxylic acids is 1. The molecule has 5 heteroatoms. The Morgan fingerprint density at radius 2 is 1.91 bits per heavy atom. The third-order valence-electron chi connectivity index (χ3n) is 1.26. The van der Waals surface area contributed by atoms with Crippen molar-refractivity contribution in [1.82, 2.24) is 0 Å². The van der Waals surface area contributed by atoms with Gasteiger partial charge in [0.05, 0.1) is 7.11 Å². The first-order valence-electron chi connectivity index (χ1n) is 3.07. The lowest BCUT2D eigenvalue weighted by Gasteiger charge is -2.18. The SMILES string of the molecule is COS(=O)OC(C)(C)C(C)=O. The second-order valence-corrected chi connectivity index (χ2v) is 3.43. The van der Waals surface area contributed by atoms with E-state index in [2.05, 4.69) is 4.18 Å². The fraction of sp³-hybridized carbons (Fsp3) is 0.833. The number of ketones is 1. The van der Waals surface area contributed by atoms with Gasteiger partial charge in [0.1, 0.15) is 5.60 Å². The van der Waals surface area contributed by atoms with Gasteiger partial charge in [-0.05, 0) is 20.8 Å². The van der Waals surface area contributed by atoms with E-state index in [0.29, 0.717) is 0 Å². The van der Waals surface area contributed by atoms with Crippen LogP contribution < -0.4 is 0 Å². The summed E-state index contributed by atoms with van der Waals surface area (Å²) in [5, 5.41) is 0. The second kappa shape index (κ2) is 3.94. The number of Topliss-reactive ketones (excluding diaryl/α,β-unsaturated/α-hetero) is 1. The first-order valence-corrected chi connectivity index (χ1v) is 4.07. The zero-order chi connectivity index (χ0) is 9.07. The van der Waals surface area contributed by atoms with Crippen LogP contribution in [0.5, 0.6) is 0 Å². The third kappa shape index (κ3) is 3.60. The molecule has 0 amide bonds. The van der Waals surface area contributed by atoms with Gasteiger partial charge in [0.25, 0.3) is 0 Å². The molecule has 0 bridgehead atoms.